The monoisotopic (exact) mass is 212 g/mol. The highest BCUT2D eigenvalue weighted by Gasteiger charge is 2.27. The van der Waals surface area contributed by atoms with E-state index in [2.05, 4.69) is 4.99 Å². The molecule has 0 spiro atoms. The standard InChI is InChI=1S/C8H12N4O3/c1-6(13)11-4-7(5-11)10-3-2-8(9)12(14)15/h2-3,7H,4-5,9H2,1H3/b8-2+,10-3?. The summed E-state index contributed by atoms with van der Waals surface area (Å²) in [6.07, 6.45) is 2.44. The molecule has 7 heteroatoms. The molecule has 0 bridgehead atoms. The molecule has 1 heterocycles. The third-order valence-corrected chi connectivity index (χ3v) is 2.06. The zero-order valence-corrected chi connectivity index (χ0v) is 8.29. The van der Waals surface area contributed by atoms with Gasteiger partial charge >= 0.3 is 5.82 Å². The van der Waals surface area contributed by atoms with Crippen LogP contribution < -0.4 is 5.73 Å². The highest BCUT2D eigenvalue weighted by molar-refractivity contribution is 5.75. The van der Waals surface area contributed by atoms with Gasteiger partial charge in [-0.15, -0.1) is 0 Å². The van der Waals surface area contributed by atoms with Crippen LogP contribution in [0.2, 0.25) is 0 Å². The van der Waals surface area contributed by atoms with E-state index in [-0.39, 0.29) is 11.9 Å². The summed E-state index contributed by atoms with van der Waals surface area (Å²) >= 11 is 0. The fourth-order valence-corrected chi connectivity index (χ4v) is 1.11. The van der Waals surface area contributed by atoms with Crippen LogP contribution in [0.15, 0.2) is 16.9 Å². The molecule has 0 radical (unpaired) electrons. The number of nitrogens with zero attached hydrogens (tertiary/aromatic N) is 3. The van der Waals surface area contributed by atoms with Gasteiger partial charge in [0.2, 0.25) is 5.91 Å². The number of amides is 1. The predicted molar refractivity (Wildman–Crippen MR) is 53.8 cm³/mol. The molecule has 1 saturated heterocycles. The molecular weight excluding hydrogens is 200 g/mol. The summed E-state index contributed by atoms with van der Waals surface area (Å²) in [6, 6.07) is 0.0321. The maximum atomic E-state index is 10.8. The molecule has 0 aromatic carbocycles. The van der Waals surface area contributed by atoms with Gasteiger partial charge in [0, 0.05) is 32.3 Å². The Morgan fingerprint density at radius 3 is 2.73 bits per heavy atom. The molecule has 0 atom stereocenters. The van der Waals surface area contributed by atoms with Crippen LogP contribution in [0.3, 0.4) is 0 Å². The lowest BCUT2D eigenvalue weighted by molar-refractivity contribution is -0.426. The molecule has 0 saturated carbocycles. The summed E-state index contributed by atoms with van der Waals surface area (Å²) in [5.74, 6) is -0.428. The molecule has 1 rings (SSSR count). The van der Waals surface area contributed by atoms with Crippen molar-refractivity contribution < 1.29 is 9.72 Å². The van der Waals surface area contributed by atoms with Gasteiger partial charge in [0.1, 0.15) is 0 Å². The van der Waals surface area contributed by atoms with Crippen LogP contribution in [0.5, 0.6) is 0 Å². The molecule has 1 amide bonds. The Morgan fingerprint density at radius 2 is 2.27 bits per heavy atom. The maximum Gasteiger partial charge on any atom is 0.315 e. The van der Waals surface area contributed by atoms with E-state index in [1.54, 1.807) is 4.90 Å². The SMILES string of the molecule is CC(=O)N1CC(N=C/C=C(\N)[N+](=O)[O-])C1. The van der Waals surface area contributed by atoms with Gasteiger partial charge in [-0.1, -0.05) is 0 Å². The number of hydrogen-bond donors (Lipinski definition) is 1. The van der Waals surface area contributed by atoms with E-state index >= 15 is 0 Å². The zero-order valence-electron chi connectivity index (χ0n) is 8.29. The molecule has 0 aliphatic carbocycles. The first-order chi connectivity index (χ1) is 7.00. The van der Waals surface area contributed by atoms with Crippen molar-refractivity contribution >= 4 is 12.1 Å². The Bertz CT molecular complexity index is 331. The third-order valence-electron chi connectivity index (χ3n) is 2.06. The van der Waals surface area contributed by atoms with E-state index in [4.69, 9.17) is 5.73 Å². The first kappa shape index (κ1) is 11.2. The first-order valence-corrected chi connectivity index (χ1v) is 4.39. The fraction of sp³-hybridized carbons (Fsp3) is 0.500. The molecule has 0 unspecified atom stereocenters. The second-order valence-corrected chi connectivity index (χ2v) is 3.22. The van der Waals surface area contributed by atoms with E-state index in [1.165, 1.54) is 13.1 Å². The smallest absolute Gasteiger partial charge is 0.315 e. The number of nitro groups is 1. The molecule has 7 nitrogen and oxygen atoms in total. The van der Waals surface area contributed by atoms with E-state index in [0.717, 1.165) is 6.08 Å². The predicted octanol–water partition coefficient (Wildman–Crippen LogP) is -0.635. The van der Waals surface area contributed by atoms with E-state index in [1.807, 2.05) is 0 Å². The number of rotatable bonds is 3. The van der Waals surface area contributed by atoms with Gasteiger partial charge in [0.25, 0.3) is 0 Å². The van der Waals surface area contributed by atoms with Crippen LogP contribution >= 0.6 is 0 Å². The number of likely N-dealkylation sites (tertiary alicyclic amines) is 1. The Morgan fingerprint density at radius 1 is 1.67 bits per heavy atom. The van der Waals surface area contributed by atoms with Gasteiger partial charge in [-0.3, -0.25) is 15.5 Å². The van der Waals surface area contributed by atoms with Gasteiger partial charge in [-0.05, 0) is 4.92 Å². The molecule has 1 aliphatic heterocycles. The second-order valence-electron chi connectivity index (χ2n) is 3.22. The highest BCUT2D eigenvalue weighted by atomic mass is 16.6. The Balaban J connectivity index is 2.33. The van der Waals surface area contributed by atoms with Crippen LogP contribution in [-0.2, 0) is 4.79 Å². The third kappa shape index (κ3) is 3.04. The van der Waals surface area contributed by atoms with Crippen LogP contribution in [0.4, 0.5) is 0 Å². The normalized spacial score (nSPS) is 17.9. The number of hydrogen-bond acceptors (Lipinski definition) is 5. The van der Waals surface area contributed by atoms with Crippen LogP contribution in [0, 0.1) is 10.1 Å². The highest BCUT2D eigenvalue weighted by Crippen LogP contribution is 2.10. The number of carbonyl (C=O) groups excluding carboxylic acids is 1. The van der Waals surface area contributed by atoms with E-state index < -0.39 is 10.7 Å². The van der Waals surface area contributed by atoms with Gasteiger partial charge < -0.3 is 15.0 Å². The van der Waals surface area contributed by atoms with Crippen molar-refractivity contribution in [3.05, 3.63) is 22.0 Å². The zero-order chi connectivity index (χ0) is 11.4. The molecule has 1 fully saturated rings. The minimum atomic E-state index is -0.686. The Hall–Kier alpha value is -1.92. The van der Waals surface area contributed by atoms with Crippen LogP contribution in [0.1, 0.15) is 6.92 Å². The molecule has 1 aliphatic rings. The van der Waals surface area contributed by atoms with Gasteiger partial charge in [-0.2, -0.15) is 0 Å². The van der Waals surface area contributed by atoms with Crippen molar-refractivity contribution in [2.24, 2.45) is 10.7 Å². The van der Waals surface area contributed by atoms with Crippen LogP contribution in [0.25, 0.3) is 0 Å². The quantitative estimate of drug-likeness (QED) is 0.382. The first-order valence-electron chi connectivity index (χ1n) is 4.39. The average molecular weight is 212 g/mol. The average Bonchev–Trinajstić information content (AvgIpc) is 2.07. The molecule has 15 heavy (non-hydrogen) atoms. The molecule has 2 N–H and O–H groups in total. The lowest BCUT2D eigenvalue weighted by atomic mass is 10.1. The summed E-state index contributed by atoms with van der Waals surface area (Å²) in [6.45, 7) is 2.63. The van der Waals surface area contributed by atoms with E-state index in [9.17, 15) is 14.9 Å². The Labute approximate surface area is 86.4 Å². The summed E-state index contributed by atoms with van der Waals surface area (Å²) < 4.78 is 0. The number of nitrogens with two attached hydrogens (primary N) is 1. The summed E-state index contributed by atoms with van der Waals surface area (Å²) in [5, 5.41) is 10.1. The summed E-state index contributed by atoms with van der Waals surface area (Å²) in [7, 11) is 0. The van der Waals surface area contributed by atoms with Gasteiger partial charge in [0.15, 0.2) is 0 Å². The summed E-state index contributed by atoms with van der Waals surface area (Å²) in [5.41, 5.74) is 5.04. The van der Waals surface area contributed by atoms with E-state index in [0.29, 0.717) is 13.1 Å². The van der Waals surface area contributed by atoms with Crippen molar-refractivity contribution in [3.63, 3.8) is 0 Å². The number of aliphatic imine (C=N–C) groups is 1. The summed E-state index contributed by atoms with van der Waals surface area (Å²) in [4.78, 5) is 25.9. The fourth-order valence-electron chi connectivity index (χ4n) is 1.11. The van der Waals surface area contributed by atoms with Crippen molar-refractivity contribution in [2.75, 3.05) is 13.1 Å². The maximum absolute atomic E-state index is 10.8. The number of carbonyl (C=O) groups is 1. The minimum Gasteiger partial charge on any atom is -0.358 e. The molecular formula is C8H12N4O3. The molecule has 0 aromatic heterocycles. The van der Waals surface area contributed by atoms with Gasteiger partial charge in [-0.25, -0.2) is 0 Å². The Kier molecular flexibility index (Phi) is 3.37. The number of allylic oxidation sites excluding steroid dienone is 1. The van der Waals surface area contributed by atoms with Crippen molar-refractivity contribution in [2.45, 2.75) is 13.0 Å². The lowest BCUT2D eigenvalue weighted by Gasteiger charge is -2.35. The van der Waals surface area contributed by atoms with Crippen LogP contribution in [-0.4, -0.2) is 41.1 Å². The lowest BCUT2D eigenvalue weighted by Crippen LogP contribution is -2.51. The van der Waals surface area contributed by atoms with Gasteiger partial charge in [0.05, 0.1) is 6.04 Å². The van der Waals surface area contributed by atoms with Crippen molar-refractivity contribution in [1.29, 1.82) is 0 Å². The van der Waals surface area contributed by atoms with Crippen molar-refractivity contribution in [3.8, 4) is 0 Å². The minimum absolute atomic E-state index is 0.0156. The molecule has 0 aromatic rings. The van der Waals surface area contributed by atoms with Crippen molar-refractivity contribution in [1.82, 2.24) is 4.90 Å². The largest absolute Gasteiger partial charge is 0.358 e. The topological polar surface area (TPSA) is 102 Å². The second kappa shape index (κ2) is 4.54. The molecule has 82 valence electrons.